The third-order valence-corrected chi connectivity index (χ3v) is 8.45. The van der Waals surface area contributed by atoms with Gasteiger partial charge >= 0.3 is 0 Å². The molecule has 8 nitrogen and oxygen atoms in total. The maximum absolute atomic E-state index is 14.0. The Labute approximate surface area is 245 Å². The van der Waals surface area contributed by atoms with Crippen molar-refractivity contribution in [2.45, 2.75) is 44.7 Å². The maximum atomic E-state index is 14.0. The van der Waals surface area contributed by atoms with E-state index in [-0.39, 0.29) is 33.1 Å². The van der Waals surface area contributed by atoms with Crippen molar-refractivity contribution in [2.24, 2.45) is 0 Å². The smallest absolute Gasteiger partial charge is 0.264 e. The molecule has 3 aromatic carbocycles. The molecule has 0 aromatic heterocycles. The Bertz CT molecular complexity index is 1430. The van der Waals surface area contributed by atoms with Crippen LogP contribution in [-0.4, -0.2) is 51.4 Å². The van der Waals surface area contributed by atoms with Gasteiger partial charge in [0.15, 0.2) is 0 Å². The molecule has 0 fully saturated rings. The van der Waals surface area contributed by atoms with Gasteiger partial charge in [-0.25, -0.2) is 8.42 Å². The van der Waals surface area contributed by atoms with Gasteiger partial charge in [-0.1, -0.05) is 60.0 Å². The van der Waals surface area contributed by atoms with Gasteiger partial charge in [0.1, 0.15) is 18.3 Å². The minimum Gasteiger partial charge on any atom is -0.497 e. The molecule has 2 amide bonds. The van der Waals surface area contributed by atoms with E-state index in [1.807, 2.05) is 13.8 Å². The highest BCUT2D eigenvalue weighted by atomic mass is 35.5. The third kappa shape index (κ3) is 7.90. The van der Waals surface area contributed by atoms with Crippen LogP contribution in [-0.2, 0) is 26.2 Å². The number of carbonyl (C=O) groups excluding carboxylic acids is 2. The second-order valence-electron chi connectivity index (χ2n) is 9.29. The number of amides is 2. The number of methoxy groups -OCH3 is 1. The standard InChI is InChI=1S/C29H33Cl2N3O5S/c1-5-13-32-29(36)21(3)33(18-22-7-6-8-26(14-22)39-4)28(35)19-34(25-16-23(30)15-24(31)17-25)40(37,38)27-11-9-20(2)10-12-27/h6-12,14-17,21H,5,13,18-19H2,1-4H3,(H,32,36)/t21-/m0/s1. The summed E-state index contributed by atoms with van der Waals surface area (Å²) in [5, 5.41) is 3.23. The van der Waals surface area contributed by atoms with Gasteiger partial charge < -0.3 is 15.0 Å². The zero-order valence-electron chi connectivity index (χ0n) is 22.9. The number of halogens is 2. The van der Waals surface area contributed by atoms with E-state index in [0.29, 0.717) is 17.9 Å². The van der Waals surface area contributed by atoms with Crippen molar-refractivity contribution in [2.75, 3.05) is 24.5 Å². The number of carbonyl (C=O) groups is 2. The SMILES string of the molecule is CCCNC(=O)[C@H](C)N(Cc1cccc(OC)c1)C(=O)CN(c1cc(Cl)cc(Cl)c1)S(=O)(=O)c1ccc(C)cc1. The van der Waals surface area contributed by atoms with Crippen LogP contribution in [0.1, 0.15) is 31.4 Å². The quantitative estimate of drug-likeness (QED) is 0.296. The molecule has 40 heavy (non-hydrogen) atoms. The van der Waals surface area contributed by atoms with Crippen molar-refractivity contribution in [3.05, 3.63) is 87.9 Å². The van der Waals surface area contributed by atoms with Gasteiger partial charge in [0, 0.05) is 23.1 Å². The summed E-state index contributed by atoms with van der Waals surface area (Å²) in [7, 11) is -2.69. The molecule has 0 radical (unpaired) electrons. The minimum absolute atomic E-state index is 0.00455. The molecular weight excluding hydrogens is 573 g/mol. The van der Waals surface area contributed by atoms with E-state index in [1.54, 1.807) is 43.3 Å². The highest BCUT2D eigenvalue weighted by Gasteiger charge is 2.32. The first-order valence-corrected chi connectivity index (χ1v) is 14.9. The number of nitrogens with zero attached hydrogens (tertiary/aromatic N) is 2. The van der Waals surface area contributed by atoms with Crippen LogP contribution in [0.15, 0.2) is 71.6 Å². The number of anilines is 1. The lowest BCUT2D eigenvalue weighted by atomic mass is 10.1. The fourth-order valence-electron chi connectivity index (χ4n) is 4.00. The summed E-state index contributed by atoms with van der Waals surface area (Å²) >= 11 is 12.4. The van der Waals surface area contributed by atoms with Crippen LogP contribution in [0, 0.1) is 6.92 Å². The fraction of sp³-hybridized carbons (Fsp3) is 0.310. The van der Waals surface area contributed by atoms with Gasteiger partial charge in [-0.3, -0.25) is 13.9 Å². The molecule has 0 aliphatic heterocycles. The fourth-order valence-corrected chi connectivity index (χ4v) is 5.91. The first-order chi connectivity index (χ1) is 19.0. The summed E-state index contributed by atoms with van der Waals surface area (Å²) in [5.74, 6) is -0.351. The average molecular weight is 607 g/mol. The average Bonchev–Trinajstić information content (AvgIpc) is 2.92. The Morgan fingerprint density at radius 1 is 1.00 bits per heavy atom. The summed E-state index contributed by atoms with van der Waals surface area (Å²) in [6.07, 6.45) is 0.723. The van der Waals surface area contributed by atoms with Crippen molar-refractivity contribution in [3.8, 4) is 5.75 Å². The van der Waals surface area contributed by atoms with Crippen LogP contribution in [0.3, 0.4) is 0 Å². The van der Waals surface area contributed by atoms with Gasteiger partial charge in [0.2, 0.25) is 11.8 Å². The van der Waals surface area contributed by atoms with Crippen LogP contribution in [0.25, 0.3) is 0 Å². The Hall–Kier alpha value is -3.27. The third-order valence-electron chi connectivity index (χ3n) is 6.23. The predicted molar refractivity (Wildman–Crippen MR) is 158 cm³/mol. The Balaban J connectivity index is 2.06. The van der Waals surface area contributed by atoms with Crippen LogP contribution >= 0.6 is 23.2 Å². The topological polar surface area (TPSA) is 96.0 Å². The Morgan fingerprint density at radius 3 is 2.25 bits per heavy atom. The molecule has 0 spiro atoms. The van der Waals surface area contributed by atoms with Gasteiger partial charge in [-0.15, -0.1) is 0 Å². The monoisotopic (exact) mass is 605 g/mol. The van der Waals surface area contributed by atoms with Gasteiger partial charge in [0.05, 0.1) is 17.7 Å². The highest BCUT2D eigenvalue weighted by Crippen LogP contribution is 2.30. The molecule has 0 aliphatic rings. The first kappa shape index (κ1) is 31.3. The van der Waals surface area contributed by atoms with Crippen molar-refractivity contribution in [1.29, 1.82) is 0 Å². The summed E-state index contributed by atoms with van der Waals surface area (Å²) in [6.45, 7) is 5.27. The maximum Gasteiger partial charge on any atom is 0.264 e. The number of aryl methyl sites for hydroxylation is 1. The summed E-state index contributed by atoms with van der Waals surface area (Å²) in [6, 6.07) is 16.8. The largest absolute Gasteiger partial charge is 0.497 e. The van der Waals surface area contributed by atoms with Crippen molar-refractivity contribution >= 4 is 50.7 Å². The van der Waals surface area contributed by atoms with Gasteiger partial charge in [-0.05, 0) is 68.3 Å². The lowest BCUT2D eigenvalue weighted by Crippen LogP contribution is -2.51. The molecular formula is C29H33Cl2N3O5S. The van der Waals surface area contributed by atoms with Crippen LogP contribution in [0.5, 0.6) is 5.75 Å². The van der Waals surface area contributed by atoms with Crippen molar-refractivity contribution in [1.82, 2.24) is 10.2 Å². The lowest BCUT2D eigenvalue weighted by molar-refractivity contribution is -0.139. The predicted octanol–water partition coefficient (Wildman–Crippen LogP) is 5.45. The number of benzene rings is 3. The molecule has 3 aromatic rings. The molecule has 0 aliphatic carbocycles. The molecule has 3 rings (SSSR count). The second kappa shape index (κ2) is 13.9. The molecule has 0 unspecified atom stereocenters. The molecule has 0 heterocycles. The van der Waals surface area contributed by atoms with Crippen molar-refractivity contribution in [3.63, 3.8) is 0 Å². The molecule has 214 valence electrons. The summed E-state index contributed by atoms with van der Waals surface area (Å²) in [5.41, 5.74) is 1.71. The zero-order valence-corrected chi connectivity index (χ0v) is 25.2. The minimum atomic E-state index is -4.23. The van der Waals surface area contributed by atoms with Gasteiger partial charge in [0.25, 0.3) is 10.0 Å². The number of rotatable bonds is 12. The first-order valence-electron chi connectivity index (χ1n) is 12.7. The van der Waals surface area contributed by atoms with E-state index < -0.39 is 28.5 Å². The van der Waals surface area contributed by atoms with E-state index in [2.05, 4.69) is 5.32 Å². The number of nitrogens with one attached hydrogen (secondary N) is 1. The molecule has 0 saturated heterocycles. The number of sulfonamides is 1. The van der Waals surface area contributed by atoms with Crippen LogP contribution in [0.2, 0.25) is 10.0 Å². The number of hydrogen-bond donors (Lipinski definition) is 1. The Kier molecular flexibility index (Phi) is 10.8. The van der Waals surface area contributed by atoms with Crippen LogP contribution < -0.4 is 14.4 Å². The zero-order chi connectivity index (χ0) is 29.4. The molecule has 1 N–H and O–H groups in total. The van der Waals surface area contributed by atoms with E-state index in [4.69, 9.17) is 27.9 Å². The number of ether oxygens (including phenoxy) is 1. The molecule has 0 bridgehead atoms. The second-order valence-corrected chi connectivity index (χ2v) is 12.0. The molecule has 1 atom stereocenters. The number of hydrogen-bond acceptors (Lipinski definition) is 5. The highest BCUT2D eigenvalue weighted by molar-refractivity contribution is 7.92. The summed E-state index contributed by atoms with van der Waals surface area (Å²) in [4.78, 5) is 28.3. The van der Waals surface area contributed by atoms with Crippen LogP contribution in [0.4, 0.5) is 5.69 Å². The van der Waals surface area contributed by atoms with Gasteiger partial charge in [-0.2, -0.15) is 0 Å². The van der Waals surface area contributed by atoms with E-state index in [9.17, 15) is 18.0 Å². The molecule has 0 saturated carbocycles. The van der Waals surface area contributed by atoms with E-state index in [0.717, 1.165) is 16.3 Å². The molecule has 11 heteroatoms. The summed E-state index contributed by atoms with van der Waals surface area (Å²) < 4.78 is 34.0. The normalized spacial score (nSPS) is 11.9. The van der Waals surface area contributed by atoms with E-state index in [1.165, 1.54) is 42.3 Å². The lowest BCUT2D eigenvalue weighted by Gasteiger charge is -2.32. The Morgan fingerprint density at radius 2 is 1.65 bits per heavy atom. The van der Waals surface area contributed by atoms with Crippen molar-refractivity contribution < 1.29 is 22.7 Å². The van der Waals surface area contributed by atoms with E-state index >= 15 is 0 Å².